The average Bonchev–Trinajstić information content (AvgIpc) is 2.10. The molecule has 0 saturated carbocycles. The Morgan fingerprint density at radius 2 is 2.33 bits per heavy atom. The van der Waals surface area contributed by atoms with E-state index >= 15 is 0 Å². The van der Waals surface area contributed by atoms with E-state index < -0.39 is 0 Å². The van der Waals surface area contributed by atoms with E-state index in [9.17, 15) is 4.79 Å². The van der Waals surface area contributed by atoms with Crippen molar-refractivity contribution < 1.29 is 9.53 Å². The van der Waals surface area contributed by atoms with Gasteiger partial charge in [0.2, 0.25) is 0 Å². The van der Waals surface area contributed by atoms with Crippen LogP contribution in [0.4, 0.5) is 0 Å². The first kappa shape index (κ1) is 10.9. The quantitative estimate of drug-likeness (QED) is 0.464. The van der Waals surface area contributed by atoms with Gasteiger partial charge >= 0.3 is 5.97 Å². The SMILES string of the molecule is COC(=O)CNCCCCC#N. The number of nitriles is 1. The number of hydrogen-bond acceptors (Lipinski definition) is 4. The summed E-state index contributed by atoms with van der Waals surface area (Å²) in [6.07, 6.45) is 2.38. The monoisotopic (exact) mass is 170 g/mol. The van der Waals surface area contributed by atoms with Crippen molar-refractivity contribution in [3.05, 3.63) is 0 Å². The fourth-order valence-corrected chi connectivity index (χ4v) is 0.717. The number of hydrogen-bond donors (Lipinski definition) is 1. The lowest BCUT2D eigenvalue weighted by atomic mass is 10.2. The summed E-state index contributed by atoms with van der Waals surface area (Å²) in [5.74, 6) is -0.254. The van der Waals surface area contributed by atoms with Crippen molar-refractivity contribution in [3.8, 4) is 6.07 Å². The van der Waals surface area contributed by atoms with Gasteiger partial charge in [-0.2, -0.15) is 5.26 Å². The minimum atomic E-state index is -0.254. The molecule has 0 saturated heterocycles. The van der Waals surface area contributed by atoms with Crippen molar-refractivity contribution >= 4 is 5.97 Å². The summed E-state index contributed by atoms with van der Waals surface area (Å²) in [6.45, 7) is 1.01. The van der Waals surface area contributed by atoms with Crippen LogP contribution in [0, 0.1) is 11.3 Å². The Morgan fingerprint density at radius 3 is 2.92 bits per heavy atom. The molecule has 0 atom stereocenters. The summed E-state index contributed by atoms with van der Waals surface area (Å²) in [6, 6.07) is 2.06. The van der Waals surface area contributed by atoms with Gasteiger partial charge < -0.3 is 10.1 Å². The summed E-state index contributed by atoms with van der Waals surface area (Å²) in [5.41, 5.74) is 0. The molecule has 4 heteroatoms. The highest BCUT2D eigenvalue weighted by Gasteiger charge is 1.96. The molecule has 0 heterocycles. The molecule has 68 valence electrons. The molecule has 0 aromatic heterocycles. The number of esters is 1. The van der Waals surface area contributed by atoms with Crippen molar-refractivity contribution in [3.63, 3.8) is 0 Å². The Labute approximate surface area is 72.5 Å². The van der Waals surface area contributed by atoms with Crippen LogP contribution in [-0.2, 0) is 9.53 Å². The van der Waals surface area contributed by atoms with Gasteiger partial charge in [-0.1, -0.05) is 0 Å². The van der Waals surface area contributed by atoms with Gasteiger partial charge in [-0.05, 0) is 19.4 Å². The second-order valence-electron chi connectivity index (χ2n) is 2.37. The van der Waals surface area contributed by atoms with Crippen molar-refractivity contribution in [2.75, 3.05) is 20.2 Å². The van der Waals surface area contributed by atoms with Crippen LogP contribution in [0.2, 0.25) is 0 Å². The zero-order valence-electron chi connectivity index (χ0n) is 7.30. The van der Waals surface area contributed by atoms with Gasteiger partial charge in [-0.3, -0.25) is 4.79 Å². The fourth-order valence-electron chi connectivity index (χ4n) is 0.717. The molecule has 4 nitrogen and oxygen atoms in total. The number of methoxy groups -OCH3 is 1. The zero-order valence-corrected chi connectivity index (χ0v) is 7.30. The molecule has 0 radical (unpaired) electrons. The number of rotatable bonds is 6. The second-order valence-corrected chi connectivity index (χ2v) is 2.37. The number of ether oxygens (including phenoxy) is 1. The molecule has 0 aliphatic heterocycles. The Kier molecular flexibility index (Phi) is 7.30. The predicted molar refractivity (Wildman–Crippen MR) is 44.3 cm³/mol. The van der Waals surface area contributed by atoms with E-state index in [1.807, 2.05) is 0 Å². The van der Waals surface area contributed by atoms with Gasteiger partial charge in [0.25, 0.3) is 0 Å². The number of unbranched alkanes of at least 4 members (excludes halogenated alkanes) is 2. The third-order valence-electron chi connectivity index (χ3n) is 1.39. The summed E-state index contributed by atoms with van der Waals surface area (Å²) < 4.78 is 4.42. The summed E-state index contributed by atoms with van der Waals surface area (Å²) >= 11 is 0. The first-order valence-corrected chi connectivity index (χ1v) is 3.95. The van der Waals surface area contributed by atoms with Gasteiger partial charge in [-0.25, -0.2) is 0 Å². The number of nitrogens with one attached hydrogen (secondary N) is 1. The molecule has 0 aliphatic carbocycles. The van der Waals surface area contributed by atoms with Gasteiger partial charge in [0.1, 0.15) is 0 Å². The highest BCUT2D eigenvalue weighted by molar-refractivity contribution is 5.71. The van der Waals surface area contributed by atoms with Crippen LogP contribution in [0.15, 0.2) is 0 Å². The summed E-state index contributed by atoms with van der Waals surface area (Å²) in [5, 5.41) is 11.1. The molecule has 0 amide bonds. The van der Waals surface area contributed by atoms with Gasteiger partial charge in [0, 0.05) is 6.42 Å². The molecule has 0 aliphatic rings. The van der Waals surface area contributed by atoms with E-state index in [1.165, 1.54) is 7.11 Å². The Morgan fingerprint density at radius 1 is 1.58 bits per heavy atom. The molecule has 0 unspecified atom stereocenters. The molecule has 0 rings (SSSR count). The van der Waals surface area contributed by atoms with Crippen LogP contribution in [-0.4, -0.2) is 26.2 Å². The molecule has 0 aromatic carbocycles. The maximum absolute atomic E-state index is 10.6. The van der Waals surface area contributed by atoms with E-state index in [-0.39, 0.29) is 12.5 Å². The van der Waals surface area contributed by atoms with Gasteiger partial charge in [0.15, 0.2) is 0 Å². The van der Waals surface area contributed by atoms with E-state index in [0.29, 0.717) is 6.42 Å². The molecular formula is C8H14N2O2. The lowest BCUT2D eigenvalue weighted by Crippen LogP contribution is -2.24. The third kappa shape index (κ3) is 7.03. The van der Waals surface area contributed by atoms with E-state index in [1.54, 1.807) is 0 Å². The summed E-state index contributed by atoms with van der Waals surface area (Å²) in [4.78, 5) is 10.6. The van der Waals surface area contributed by atoms with Crippen LogP contribution < -0.4 is 5.32 Å². The van der Waals surface area contributed by atoms with E-state index in [0.717, 1.165) is 19.4 Å². The molecule has 12 heavy (non-hydrogen) atoms. The highest BCUT2D eigenvalue weighted by Crippen LogP contribution is 1.90. The number of nitrogens with zero attached hydrogens (tertiary/aromatic N) is 1. The van der Waals surface area contributed by atoms with Gasteiger partial charge in [-0.15, -0.1) is 0 Å². The van der Waals surface area contributed by atoms with E-state index in [4.69, 9.17) is 5.26 Å². The Bertz CT molecular complexity index is 163. The van der Waals surface area contributed by atoms with Crippen molar-refractivity contribution in [2.24, 2.45) is 0 Å². The zero-order chi connectivity index (χ0) is 9.23. The number of carbonyl (C=O) groups excluding carboxylic acids is 1. The van der Waals surface area contributed by atoms with E-state index in [2.05, 4.69) is 16.1 Å². The smallest absolute Gasteiger partial charge is 0.319 e. The van der Waals surface area contributed by atoms with Crippen LogP contribution in [0.1, 0.15) is 19.3 Å². The lowest BCUT2D eigenvalue weighted by Gasteiger charge is -2.00. The van der Waals surface area contributed by atoms with Crippen LogP contribution in [0.5, 0.6) is 0 Å². The average molecular weight is 170 g/mol. The molecular weight excluding hydrogens is 156 g/mol. The first-order chi connectivity index (χ1) is 5.81. The molecule has 0 spiro atoms. The summed E-state index contributed by atoms with van der Waals surface area (Å²) in [7, 11) is 1.36. The fraction of sp³-hybridized carbons (Fsp3) is 0.750. The maximum atomic E-state index is 10.6. The van der Waals surface area contributed by atoms with Crippen LogP contribution >= 0.6 is 0 Å². The Hall–Kier alpha value is -1.08. The third-order valence-corrected chi connectivity index (χ3v) is 1.39. The molecule has 0 aromatic rings. The largest absolute Gasteiger partial charge is 0.468 e. The van der Waals surface area contributed by atoms with Crippen LogP contribution in [0.25, 0.3) is 0 Å². The second kappa shape index (κ2) is 8.02. The maximum Gasteiger partial charge on any atom is 0.319 e. The van der Waals surface area contributed by atoms with Crippen molar-refractivity contribution in [1.82, 2.24) is 5.32 Å². The minimum absolute atomic E-state index is 0.253. The normalized spacial score (nSPS) is 9.00. The van der Waals surface area contributed by atoms with Crippen LogP contribution in [0.3, 0.4) is 0 Å². The Balaban J connectivity index is 3.01. The minimum Gasteiger partial charge on any atom is -0.468 e. The molecule has 0 bridgehead atoms. The first-order valence-electron chi connectivity index (χ1n) is 3.95. The highest BCUT2D eigenvalue weighted by atomic mass is 16.5. The van der Waals surface area contributed by atoms with Gasteiger partial charge in [0.05, 0.1) is 19.7 Å². The predicted octanol–water partition coefficient (Wildman–Crippen LogP) is 0.443. The van der Waals surface area contributed by atoms with Crippen molar-refractivity contribution in [1.29, 1.82) is 5.26 Å². The standard InChI is InChI=1S/C8H14N2O2/c1-12-8(11)7-10-6-4-2-3-5-9/h10H,2-4,6-7H2,1H3. The lowest BCUT2D eigenvalue weighted by molar-refractivity contribution is -0.139. The number of carbonyl (C=O) groups is 1. The molecule has 0 fully saturated rings. The molecule has 1 N–H and O–H groups in total. The van der Waals surface area contributed by atoms with Crippen molar-refractivity contribution in [2.45, 2.75) is 19.3 Å². The topological polar surface area (TPSA) is 62.1 Å².